The number of halogens is 2. The van der Waals surface area contributed by atoms with Gasteiger partial charge in [-0.15, -0.1) is 11.3 Å². The lowest BCUT2D eigenvalue weighted by atomic mass is 10.0. The second kappa shape index (κ2) is 5.70. The van der Waals surface area contributed by atoms with Crippen LogP contribution in [0, 0.1) is 0 Å². The second-order valence-electron chi connectivity index (χ2n) is 5.52. The summed E-state index contributed by atoms with van der Waals surface area (Å²) < 4.78 is 6.83. The number of hydrogen-bond donors (Lipinski definition) is 0. The molecule has 19 heavy (non-hydrogen) atoms. The molecule has 3 nitrogen and oxygen atoms in total. The van der Waals surface area contributed by atoms with Gasteiger partial charge in [-0.2, -0.15) is 0 Å². The molecule has 1 atom stereocenters. The summed E-state index contributed by atoms with van der Waals surface area (Å²) in [5.41, 5.74) is 0.294. The normalized spacial score (nSPS) is 23.5. The largest absolute Gasteiger partial charge is 0.370 e. The average Bonchev–Trinajstić information content (AvgIpc) is 2.54. The molecule has 1 aromatic rings. The predicted octanol–water partition coefficient (Wildman–Crippen LogP) is 3.74. The third-order valence-corrected chi connectivity index (χ3v) is 4.45. The second-order valence-corrected chi connectivity index (χ2v) is 7.80. The Bertz CT molecular complexity index is 487. The van der Waals surface area contributed by atoms with Crippen LogP contribution in [0.25, 0.3) is 0 Å². The third kappa shape index (κ3) is 3.92. The first-order valence-corrected chi connectivity index (χ1v) is 7.72. The summed E-state index contributed by atoms with van der Waals surface area (Å²) in [6, 6.07) is 1.64. The van der Waals surface area contributed by atoms with Crippen molar-refractivity contribution in [1.29, 1.82) is 0 Å². The van der Waals surface area contributed by atoms with Crippen LogP contribution in [0.15, 0.2) is 6.07 Å². The van der Waals surface area contributed by atoms with Gasteiger partial charge in [0.15, 0.2) is 5.78 Å². The fourth-order valence-electron chi connectivity index (χ4n) is 2.52. The van der Waals surface area contributed by atoms with E-state index in [2.05, 4.69) is 4.90 Å². The molecule has 1 unspecified atom stereocenters. The molecule has 6 heteroatoms. The number of ether oxygens (including phenoxy) is 1. The van der Waals surface area contributed by atoms with Crippen LogP contribution in [0.1, 0.15) is 31.1 Å². The molecule has 0 aliphatic carbocycles. The van der Waals surface area contributed by atoms with Crippen molar-refractivity contribution in [3.63, 3.8) is 0 Å². The Labute approximate surface area is 127 Å². The summed E-state index contributed by atoms with van der Waals surface area (Å²) in [7, 11) is 0. The van der Waals surface area contributed by atoms with Gasteiger partial charge in [-0.05, 0) is 26.8 Å². The Kier molecular flexibility index (Phi) is 4.58. The summed E-state index contributed by atoms with van der Waals surface area (Å²) >= 11 is 13.1. The van der Waals surface area contributed by atoms with E-state index in [9.17, 15) is 4.79 Å². The van der Waals surface area contributed by atoms with Crippen molar-refractivity contribution in [2.45, 2.75) is 32.5 Å². The maximum atomic E-state index is 12.2. The number of carbonyl (C=O) groups excluding carboxylic acids is 1. The fraction of sp³-hybridized carbons (Fsp3) is 0.615. The molecule has 1 aromatic heterocycles. The first-order valence-electron chi connectivity index (χ1n) is 6.15. The van der Waals surface area contributed by atoms with Crippen LogP contribution >= 0.6 is 34.5 Å². The van der Waals surface area contributed by atoms with Crippen molar-refractivity contribution in [2.24, 2.45) is 0 Å². The topological polar surface area (TPSA) is 29.5 Å². The van der Waals surface area contributed by atoms with Crippen molar-refractivity contribution >= 4 is 40.3 Å². The molecule has 106 valence electrons. The number of carbonyl (C=O) groups is 1. The van der Waals surface area contributed by atoms with Gasteiger partial charge in [0.1, 0.15) is 4.34 Å². The highest BCUT2D eigenvalue weighted by Gasteiger charge is 2.32. The molecule has 0 bridgehead atoms. The minimum atomic E-state index is -0.228. The van der Waals surface area contributed by atoms with E-state index in [4.69, 9.17) is 27.9 Å². The zero-order chi connectivity index (χ0) is 14.2. The molecule has 0 amide bonds. The SMILES string of the molecule is CC1CN(CC(=O)c2cc(Cl)sc2Cl)CC(C)(C)O1. The van der Waals surface area contributed by atoms with Crippen molar-refractivity contribution in [3.05, 3.63) is 20.3 Å². The van der Waals surface area contributed by atoms with Gasteiger partial charge in [-0.3, -0.25) is 9.69 Å². The molecule has 2 heterocycles. The number of hydrogen-bond acceptors (Lipinski definition) is 4. The van der Waals surface area contributed by atoms with E-state index in [0.29, 0.717) is 20.8 Å². The van der Waals surface area contributed by atoms with Crippen LogP contribution in [0.5, 0.6) is 0 Å². The first-order chi connectivity index (χ1) is 8.77. The molecule has 1 aliphatic rings. The first kappa shape index (κ1) is 15.3. The Hall–Kier alpha value is -0.130. The maximum absolute atomic E-state index is 12.2. The van der Waals surface area contributed by atoms with Crippen LogP contribution in [-0.2, 0) is 4.74 Å². The lowest BCUT2D eigenvalue weighted by Crippen LogP contribution is -2.53. The Balaban J connectivity index is 2.05. The maximum Gasteiger partial charge on any atom is 0.179 e. The molecular weight excluding hydrogens is 305 g/mol. The van der Waals surface area contributed by atoms with E-state index in [0.717, 1.165) is 13.1 Å². The highest BCUT2D eigenvalue weighted by molar-refractivity contribution is 7.20. The van der Waals surface area contributed by atoms with Crippen molar-refractivity contribution in [2.75, 3.05) is 19.6 Å². The molecule has 1 saturated heterocycles. The summed E-state index contributed by atoms with van der Waals surface area (Å²) in [4.78, 5) is 14.4. The molecule has 0 N–H and O–H groups in total. The lowest BCUT2D eigenvalue weighted by molar-refractivity contribution is -0.126. The van der Waals surface area contributed by atoms with Crippen LogP contribution in [0.3, 0.4) is 0 Å². The standard InChI is InChI=1S/C13H17Cl2NO2S/c1-8-5-16(7-13(2,3)18-8)6-10(17)9-4-11(14)19-12(9)15/h4,8H,5-7H2,1-3H3. The van der Waals surface area contributed by atoms with Crippen molar-refractivity contribution < 1.29 is 9.53 Å². The van der Waals surface area contributed by atoms with E-state index in [1.54, 1.807) is 6.07 Å². The van der Waals surface area contributed by atoms with E-state index in [1.165, 1.54) is 11.3 Å². The van der Waals surface area contributed by atoms with Crippen molar-refractivity contribution in [1.82, 2.24) is 4.90 Å². The number of thiophene rings is 1. The van der Waals surface area contributed by atoms with Gasteiger partial charge in [0.2, 0.25) is 0 Å². The van der Waals surface area contributed by atoms with E-state index < -0.39 is 0 Å². The van der Waals surface area contributed by atoms with Crippen LogP contribution in [-0.4, -0.2) is 42.0 Å². The van der Waals surface area contributed by atoms with Gasteiger partial charge in [-0.1, -0.05) is 23.2 Å². The number of ketones is 1. The molecule has 1 aliphatic heterocycles. The van der Waals surface area contributed by atoms with Crippen LogP contribution in [0.2, 0.25) is 8.67 Å². The van der Waals surface area contributed by atoms with Gasteiger partial charge in [0.25, 0.3) is 0 Å². The average molecular weight is 322 g/mol. The molecule has 0 spiro atoms. The highest BCUT2D eigenvalue weighted by Crippen LogP contribution is 2.31. The van der Waals surface area contributed by atoms with E-state index in [-0.39, 0.29) is 17.5 Å². The molecule has 0 radical (unpaired) electrons. The predicted molar refractivity (Wildman–Crippen MR) is 79.7 cm³/mol. The third-order valence-electron chi connectivity index (χ3n) is 2.96. The monoisotopic (exact) mass is 321 g/mol. The molecule has 0 saturated carbocycles. The van der Waals surface area contributed by atoms with Crippen LogP contribution in [0.4, 0.5) is 0 Å². The molecular formula is C13H17Cl2NO2S. The number of Topliss-reactive ketones (excluding diaryl/α,β-unsaturated/α-hetero) is 1. The Morgan fingerprint density at radius 2 is 2.26 bits per heavy atom. The van der Waals surface area contributed by atoms with E-state index >= 15 is 0 Å². The summed E-state index contributed by atoms with van der Waals surface area (Å²) in [6.45, 7) is 7.93. The number of morpholine rings is 1. The van der Waals surface area contributed by atoms with Gasteiger partial charge >= 0.3 is 0 Å². The summed E-state index contributed by atoms with van der Waals surface area (Å²) in [5.74, 6) is 0.0121. The van der Waals surface area contributed by atoms with Gasteiger partial charge in [-0.25, -0.2) is 0 Å². The van der Waals surface area contributed by atoms with Gasteiger partial charge in [0.05, 0.1) is 28.1 Å². The Morgan fingerprint density at radius 1 is 1.58 bits per heavy atom. The molecule has 0 aromatic carbocycles. The molecule has 1 fully saturated rings. The quantitative estimate of drug-likeness (QED) is 0.794. The van der Waals surface area contributed by atoms with E-state index in [1.807, 2.05) is 20.8 Å². The number of nitrogens with zero attached hydrogens (tertiary/aromatic N) is 1. The smallest absolute Gasteiger partial charge is 0.179 e. The number of rotatable bonds is 3. The summed E-state index contributed by atoms with van der Waals surface area (Å²) in [5, 5.41) is 0. The van der Waals surface area contributed by atoms with Gasteiger partial charge in [0, 0.05) is 13.1 Å². The Morgan fingerprint density at radius 3 is 2.79 bits per heavy atom. The zero-order valence-electron chi connectivity index (χ0n) is 11.2. The fourth-order valence-corrected chi connectivity index (χ4v) is 4.02. The van der Waals surface area contributed by atoms with Crippen molar-refractivity contribution in [3.8, 4) is 0 Å². The highest BCUT2D eigenvalue weighted by atomic mass is 35.5. The zero-order valence-corrected chi connectivity index (χ0v) is 13.5. The summed E-state index contributed by atoms with van der Waals surface area (Å²) in [6.07, 6.45) is 0.123. The minimum Gasteiger partial charge on any atom is -0.370 e. The minimum absolute atomic E-state index is 0.0121. The lowest BCUT2D eigenvalue weighted by Gasteiger charge is -2.41. The van der Waals surface area contributed by atoms with Gasteiger partial charge < -0.3 is 4.74 Å². The van der Waals surface area contributed by atoms with Crippen LogP contribution < -0.4 is 0 Å². The molecule has 2 rings (SSSR count).